The topological polar surface area (TPSA) is 38.6 Å². The van der Waals surface area contributed by atoms with Crippen molar-refractivity contribution in [2.24, 2.45) is 7.05 Å². The average molecular weight is 330 g/mol. The van der Waals surface area contributed by atoms with Gasteiger partial charge >= 0.3 is 11.9 Å². The molecule has 0 radical (unpaired) electrons. The van der Waals surface area contributed by atoms with Crippen molar-refractivity contribution in [3.8, 4) is 0 Å². The molecule has 124 valence electrons. The minimum absolute atomic E-state index is 0.163. The summed E-state index contributed by atoms with van der Waals surface area (Å²) < 4.78 is 6.65. The zero-order chi connectivity index (χ0) is 17.3. The molecule has 2 aromatic carbocycles. The fraction of sp³-hybridized carbons (Fsp3) is 0.250. The van der Waals surface area contributed by atoms with E-state index in [0.717, 1.165) is 34.0 Å². The van der Waals surface area contributed by atoms with E-state index in [2.05, 4.69) is 71.9 Å². The third-order valence-electron chi connectivity index (χ3n) is 5.49. The van der Waals surface area contributed by atoms with E-state index < -0.39 is 0 Å². The van der Waals surface area contributed by atoms with Gasteiger partial charge in [0.05, 0.1) is 5.71 Å². The molecule has 5 heteroatoms. The standard InChI is InChI=1S/C20H20N5/c1-13-20(2,3)25-17-12-8-6-10-15(17)22-19(25)24(13)18-21-14-9-5-7-11-16(14)23(18)4/h5-12H,1-4H3/q+1. The number of para-hydroxylation sites is 4. The van der Waals surface area contributed by atoms with Gasteiger partial charge in [0.1, 0.15) is 27.6 Å². The number of imidazole rings is 2. The maximum Gasteiger partial charge on any atom is 0.334 e. The summed E-state index contributed by atoms with van der Waals surface area (Å²) in [6.07, 6.45) is 0. The first-order chi connectivity index (χ1) is 12.0. The lowest BCUT2D eigenvalue weighted by molar-refractivity contribution is 0.528. The summed E-state index contributed by atoms with van der Waals surface area (Å²) >= 11 is 0. The van der Waals surface area contributed by atoms with Crippen LogP contribution in [0.5, 0.6) is 0 Å². The first-order valence-corrected chi connectivity index (χ1v) is 8.54. The van der Waals surface area contributed by atoms with E-state index >= 15 is 0 Å². The molecule has 1 aliphatic heterocycles. The first-order valence-electron chi connectivity index (χ1n) is 8.54. The third-order valence-corrected chi connectivity index (χ3v) is 5.49. The molecule has 0 bridgehead atoms. The summed E-state index contributed by atoms with van der Waals surface area (Å²) in [5.74, 6) is 1.84. The van der Waals surface area contributed by atoms with Crippen molar-refractivity contribution in [2.75, 3.05) is 0 Å². The Morgan fingerprint density at radius 2 is 1.40 bits per heavy atom. The molecule has 0 saturated heterocycles. The number of hydrogen-bond donors (Lipinski definition) is 0. The van der Waals surface area contributed by atoms with Crippen LogP contribution in [0.25, 0.3) is 22.1 Å². The van der Waals surface area contributed by atoms with Crippen LogP contribution < -0.4 is 4.58 Å². The van der Waals surface area contributed by atoms with E-state index in [-0.39, 0.29) is 5.54 Å². The fourth-order valence-electron chi connectivity index (χ4n) is 3.87. The summed E-state index contributed by atoms with van der Waals surface area (Å²) in [5, 5.41) is 0. The van der Waals surface area contributed by atoms with E-state index in [9.17, 15) is 0 Å². The Morgan fingerprint density at radius 1 is 0.840 bits per heavy atom. The molecule has 3 heterocycles. The summed E-state index contributed by atoms with van der Waals surface area (Å²) in [5.41, 5.74) is 5.35. The number of aromatic nitrogens is 4. The Bertz CT molecular complexity index is 1190. The second-order valence-electron chi connectivity index (χ2n) is 7.18. The van der Waals surface area contributed by atoms with Crippen LogP contribution in [0.3, 0.4) is 0 Å². The molecule has 0 N–H and O–H groups in total. The summed E-state index contributed by atoms with van der Waals surface area (Å²) in [4.78, 5) is 9.82. The second-order valence-corrected chi connectivity index (χ2v) is 7.18. The highest BCUT2D eigenvalue weighted by atomic mass is 15.4. The lowest BCUT2D eigenvalue weighted by Crippen LogP contribution is -2.31. The van der Waals surface area contributed by atoms with Crippen LogP contribution in [0, 0.1) is 0 Å². The quantitative estimate of drug-likeness (QED) is 0.495. The second kappa shape index (κ2) is 4.57. The molecule has 1 aliphatic rings. The van der Waals surface area contributed by atoms with Crippen LogP contribution in [0.15, 0.2) is 48.5 Å². The van der Waals surface area contributed by atoms with Crippen LogP contribution >= 0.6 is 0 Å². The molecule has 0 aliphatic carbocycles. The monoisotopic (exact) mass is 330 g/mol. The number of nitrogens with zero attached hydrogens (tertiary/aromatic N) is 5. The van der Waals surface area contributed by atoms with Gasteiger partial charge < -0.3 is 0 Å². The molecule has 5 rings (SSSR count). The molecule has 0 unspecified atom stereocenters. The van der Waals surface area contributed by atoms with Gasteiger partial charge in [0.2, 0.25) is 0 Å². The van der Waals surface area contributed by atoms with Gasteiger partial charge in [-0.2, -0.15) is 4.58 Å². The van der Waals surface area contributed by atoms with Crippen LogP contribution in [0.2, 0.25) is 0 Å². The van der Waals surface area contributed by atoms with Crippen LogP contribution in [0.1, 0.15) is 20.8 Å². The predicted molar refractivity (Wildman–Crippen MR) is 102 cm³/mol. The molecular weight excluding hydrogens is 310 g/mol. The number of hydrogen-bond acceptors (Lipinski definition) is 2. The van der Waals surface area contributed by atoms with Crippen molar-refractivity contribution in [1.29, 1.82) is 0 Å². The number of benzene rings is 2. The Balaban J connectivity index is 1.88. The van der Waals surface area contributed by atoms with E-state index in [1.165, 1.54) is 5.71 Å². The number of fused-ring (bicyclic) bond motifs is 4. The predicted octanol–water partition coefficient (Wildman–Crippen LogP) is 3.97. The van der Waals surface area contributed by atoms with Gasteiger partial charge in [-0.1, -0.05) is 24.3 Å². The van der Waals surface area contributed by atoms with Gasteiger partial charge in [-0.05, 0) is 45.0 Å². The van der Waals surface area contributed by atoms with Gasteiger partial charge in [0, 0.05) is 7.05 Å². The van der Waals surface area contributed by atoms with Crippen molar-refractivity contribution in [3.05, 3.63) is 48.5 Å². The normalized spacial score (nSPS) is 16.2. The average Bonchev–Trinajstić information content (AvgIpc) is 3.19. The number of rotatable bonds is 1. The zero-order valence-corrected chi connectivity index (χ0v) is 14.9. The fourth-order valence-corrected chi connectivity index (χ4v) is 3.87. The van der Waals surface area contributed by atoms with Gasteiger partial charge in [0.25, 0.3) is 0 Å². The Hall–Kier alpha value is -2.95. The molecule has 0 fully saturated rings. The lowest BCUT2D eigenvalue weighted by Gasteiger charge is -2.19. The Labute approximate surface area is 145 Å². The van der Waals surface area contributed by atoms with E-state index in [4.69, 9.17) is 9.97 Å². The summed E-state index contributed by atoms with van der Waals surface area (Å²) in [7, 11) is 2.07. The molecule has 4 aromatic rings. The van der Waals surface area contributed by atoms with Crippen LogP contribution in [0.4, 0.5) is 11.9 Å². The maximum absolute atomic E-state index is 4.92. The van der Waals surface area contributed by atoms with Crippen molar-refractivity contribution in [3.63, 3.8) is 0 Å². The van der Waals surface area contributed by atoms with E-state index in [1.807, 2.05) is 18.2 Å². The molecule has 0 spiro atoms. The van der Waals surface area contributed by atoms with Crippen molar-refractivity contribution in [2.45, 2.75) is 26.3 Å². The molecule has 5 nitrogen and oxygen atoms in total. The van der Waals surface area contributed by atoms with Crippen LogP contribution in [-0.2, 0) is 12.6 Å². The smallest absolute Gasteiger partial charge is 0.261 e. The van der Waals surface area contributed by atoms with E-state index in [1.54, 1.807) is 0 Å². The van der Waals surface area contributed by atoms with Gasteiger partial charge in [0.15, 0.2) is 0 Å². The van der Waals surface area contributed by atoms with Crippen molar-refractivity contribution in [1.82, 2.24) is 23.7 Å². The Kier molecular flexibility index (Phi) is 2.63. The highest BCUT2D eigenvalue weighted by Crippen LogP contribution is 2.38. The molecular formula is C20H20N5+. The van der Waals surface area contributed by atoms with Crippen molar-refractivity contribution < 1.29 is 0 Å². The molecule has 2 aromatic heterocycles. The first kappa shape index (κ1) is 14.4. The third kappa shape index (κ3) is 1.70. The minimum atomic E-state index is -0.163. The lowest BCUT2D eigenvalue weighted by atomic mass is 10.00. The van der Waals surface area contributed by atoms with Crippen LogP contribution in [-0.4, -0.2) is 24.8 Å². The molecule has 25 heavy (non-hydrogen) atoms. The molecule has 0 amide bonds. The van der Waals surface area contributed by atoms with E-state index in [0.29, 0.717) is 0 Å². The van der Waals surface area contributed by atoms with Crippen molar-refractivity contribution >= 4 is 39.7 Å². The molecule has 0 atom stereocenters. The Morgan fingerprint density at radius 3 is 2.08 bits per heavy atom. The van der Waals surface area contributed by atoms with Gasteiger partial charge in [-0.3, -0.25) is 4.57 Å². The number of aryl methyl sites for hydroxylation is 1. The van der Waals surface area contributed by atoms with Gasteiger partial charge in [-0.15, -0.1) is 9.97 Å². The largest absolute Gasteiger partial charge is 0.334 e. The summed E-state index contributed by atoms with van der Waals surface area (Å²) in [6, 6.07) is 16.5. The summed E-state index contributed by atoms with van der Waals surface area (Å²) in [6.45, 7) is 6.65. The highest BCUT2D eigenvalue weighted by Gasteiger charge is 2.44. The SMILES string of the molecule is CC1=[N+](c2nc3ccccc3n2C)c2nc3ccccc3n2C1(C)C. The minimum Gasteiger partial charge on any atom is -0.261 e. The molecule has 0 saturated carbocycles. The highest BCUT2D eigenvalue weighted by molar-refractivity contribution is 5.99. The zero-order valence-electron chi connectivity index (χ0n) is 14.9. The van der Waals surface area contributed by atoms with Gasteiger partial charge in [-0.25, -0.2) is 4.57 Å². The maximum atomic E-state index is 4.92.